The zero-order valence-electron chi connectivity index (χ0n) is 27.3. The predicted octanol–water partition coefficient (Wildman–Crippen LogP) is 7.95. The van der Waals surface area contributed by atoms with E-state index in [1.54, 1.807) is 0 Å². The van der Waals surface area contributed by atoms with Gasteiger partial charge in [0.15, 0.2) is 0 Å². The molecule has 4 nitrogen and oxygen atoms in total. The molecule has 0 amide bonds. The summed E-state index contributed by atoms with van der Waals surface area (Å²) in [5, 5.41) is 43.6. The maximum atomic E-state index is 11.2. The van der Waals surface area contributed by atoms with Crippen molar-refractivity contribution >= 4 is 0 Å². The van der Waals surface area contributed by atoms with E-state index in [1.807, 2.05) is 13.8 Å². The molecular weight excluding hydrogens is 508 g/mol. The molecule has 2 aromatic rings. The van der Waals surface area contributed by atoms with Crippen LogP contribution in [0, 0.1) is 49.4 Å². The average molecular weight is 565 g/mol. The quantitative estimate of drug-likeness (QED) is 0.287. The predicted molar refractivity (Wildman–Crippen MR) is 169 cm³/mol. The van der Waals surface area contributed by atoms with E-state index < -0.39 is 0 Å². The average Bonchev–Trinajstić information content (AvgIpc) is 2.89. The van der Waals surface area contributed by atoms with Crippen LogP contribution in [0.5, 0.6) is 11.5 Å². The van der Waals surface area contributed by atoms with E-state index in [4.69, 9.17) is 0 Å². The van der Waals surface area contributed by atoms with Crippen LogP contribution in [-0.2, 0) is 17.3 Å². The van der Waals surface area contributed by atoms with Gasteiger partial charge in [0, 0.05) is 6.42 Å². The minimum absolute atomic E-state index is 0.114. The number of aliphatic hydroxyl groups excluding tert-OH is 2. The van der Waals surface area contributed by atoms with Crippen molar-refractivity contribution in [3.8, 4) is 11.5 Å². The molecule has 0 bridgehead atoms. The molecule has 4 unspecified atom stereocenters. The fraction of sp³-hybridized carbons (Fsp3) is 0.676. The number of benzene rings is 2. The van der Waals surface area contributed by atoms with Gasteiger partial charge in [-0.1, -0.05) is 79.7 Å². The molecule has 2 aromatic carbocycles. The van der Waals surface area contributed by atoms with E-state index in [1.165, 1.54) is 11.1 Å². The molecule has 0 radical (unpaired) electrons. The number of hydrogen-bond donors (Lipinski definition) is 4. The molecule has 4 atom stereocenters. The summed E-state index contributed by atoms with van der Waals surface area (Å²) in [6.45, 7) is 21.8. The van der Waals surface area contributed by atoms with Crippen LogP contribution >= 0.6 is 0 Å². The highest BCUT2D eigenvalue weighted by molar-refractivity contribution is 5.52. The lowest BCUT2D eigenvalue weighted by atomic mass is 9.62. The van der Waals surface area contributed by atoms with Gasteiger partial charge in [0.05, 0.1) is 12.2 Å². The van der Waals surface area contributed by atoms with Gasteiger partial charge < -0.3 is 20.4 Å². The van der Waals surface area contributed by atoms with Crippen LogP contribution in [0.2, 0.25) is 0 Å². The molecular formula is C37H56O4. The molecule has 4 rings (SSSR count). The minimum Gasteiger partial charge on any atom is -0.507 e. The molecule has 41 heavy (non-hydrogen) atoms. The Hall–Kier alpha value is -2.04. The van der Waals surface area contributed by atoms with Crippen LogP contribution in [0.4, 0.5) is 0 Å². The molecule has 228 valence electrons. The summed E-state index contributed by atoms with van der Waals surface area (Å²) in [5.41, 5.74) is 5.60. The standard InChI is InChI=1S/C37H56O4/c1-20-11-28(12-21(2)32(20)38)36(7,8)30-15-24(5)34(40)26(18-30)17-27-19-31(16-25(6)35(27)41)37(9,10)29-13-22(3)33(39)23(4)14-29/h15-16,18-23,28-29,32-33,38-41H,11-14,17H2,1-10H3. The fourth-order valence-electron chi connectivity index (χ4n) is 8.24. The van der Waals surface area contributed by atoms with Crippen molar-refractivity contribution in [2.75, 3.05) is 0 Å². The Balaban J connectivity index is 1.68. The number of aryl methyl sites for hydroxylation is 2. The number of hydrogen-bond acceptors (Lipinski definition) is 4. The summed E-state index contributed by atoms with van der Waals surface area (Å²) in [7, 11) is 0. The van der Waals surface area contributed by atoms with E-state index in [0.717, 1.165) is 47.9 Å². The van der Waals surface area contributed by atoms with Crippen molar-refractivity contribution in [2.45, 2.75) is 124 Å². The van der Waals surface area contributed by atoms with Gasteiger partial charge in [0.1, 0.15) is 11.5 Å². The number of aromatic hydroxyl groups is 2. The van der Waals surface area contributed by atoms with Gasteiger partial charge in [0.2, 0.25) is 0 Å². The second kappa shape index (κ2) is 11.6. The summed E-state index contributed by atoms with van der Waals surface area (Å²) in [6, 6.07) is 8.57. The van der Waals surface area contributed by atoms with Gasteiger partial charge in [-0.05, 0) is 119 Å². The van der Waals surface area contributed by atoms with Gasteiger partial charge in [0.25, 0.3) is 0 Å². The number of rotatable bonds is 6. The maximum absolute atomic E-state index is 11.2. The monoisotopic (exact) mass is 564 g/mol. The number of phenolic OH excluding ortho intramolecular Hbond substituents is 2. The Kier molecular flexibility index (Phi) is 8.99. The first-order valence-electron chi connectivity index (χ1n) is 16.0. The molecule has 2 saturated carbocycles. The largest absolute Gasteiger partial charge is 0.507 e. The number of aliphatic hydroxyl groups is 2. The molecule has 0 aromatic heterocycles. The van der Waals surface area contributed by atoms with Gasteiger partial charge in [-0.2, -0.15) is 0 Å². The third-order valence-electron chi connectivity index (χ3n) is 11.6. The highest BCUT2D eigenvalue weighted by Gasteiger charge is 2.42. The lowest BCUT2D eigenvalue weighted by Crippen LogP contribution is -2.41. The molecule has 4 heteroatoms. The summed E-state index contributed by atoms with van der Waals surface area (Å²) in [6.07, 6.45) is 3.92. The molecule has 4 N–H and O–H groups in total. The SMILES string of the molecule is Cc1cc(C(C)(C)C2CC(C)C(O)C(C)C2)cc(Cc2cc(C(C)(C)C3CC(C)C(O)C(C)C3)cc(C)c2O)c1O. The first-order chi connectivity index (χ1) is 18.9. The van der Waals surface area contributed by atoms with Gasteiger partial charge >= 0.3 is 0 Å². The molecule has 0 aliphatic heterocycles. The van der Waals surface area contributed by atoms with E-state index in [9.17, 15) is 20.4 Å². The van der Waals surface area contributed by atoms with Crippen molar-refractivity contribution in [1.29, 1.82) is 0 Å². The van der Waals surface area contributed by atoms with Crippen molar-refractivity contribution in [3.05, 3.63) is 57.6 Å². The summed E-state index contributed by atoms with van der Waals surface area (Å²) in [4.78, 5) is 0. The van der Waals surface area contributed by atoms with Crippen LogP contribution in [0.15, 0.2) is 24.3 Å². The summed E-state index contributed by atoms with van der Waals surface area (Å²) in [5.74, 6) is 2.55. The topological polar surface area (TPSA) is 80.9 Å². The zero-order valence-corrected chi connectivity index (χ0v) is 27.3. The van der Waals surface area contributed by atoms with Crippen molar-refractivity contribution in [1.82, 2.24) is 0 Å². The van der Waals surface area contributed by atoms with Gasteiger partial charge in [-0.3, -0.25) is 0 Å². The Morgan fingerprint density at radius 2 is 0.878 bits per heavy atom. The van der Waals surface area contributed by atoms with E-state index in [0.29, 0.717) is 29.8 Å². The highest BCUT2D eigenvalue weighted by Crippen LogP contribution is 2.48. The van der Waals surface area contributed by atoms with Gasteiger partial charge in [-0.25, -0.2) is 0 Å². The molecule has 2 aliphatic carbocycles. The smallest absolute Gasteiger partial charge is 0.122 e. The zero-order chi connectivity index (χ0) is 30.6. The molecule has 0 saturated heterocycles. The second-order valence-corrected chi connectivity index (χ2v) is 15.4. The molecule has 0 heterocycles. The molecule has 2 fully saturated rings. The Morgan fingerprint density at radius 1 is 0.585 bits per heavy atom. The minimum atomic E-state index is -0.244. The van der Waals surface area contributed by atoms with E-state index in [2.05, 4.69) is 79.7 Å². The number of phenols is 2. The van der Waals surface area contributed by atoms with Crippen molar-refractivity contribution in [3.63, 3.8) is 0 Å². The van der Waals surface area contributed by atoms with E-state index >= 15 is 0 Å². The molecule has 0 spiro atoms. The Morgan fingerprint density at radius 3 is 1.17 bits per heavy atom. The van der Waals surface area contributed by atoms with Crippen molar-refractivity contribution in [2.24, 2.45) is 35.5 Å². The lowest BCUT2D eigenvalue weighted by molar-refractivity contribution is -0.00392. The normalized spacial score (nSPS) is 31.3. The highest BCUT2D eigenvalue weighted by atomic mass is 16.3. The third kappa shape index (κ3) is 6.07. The summed E-state index contributed by atoms with van der Waals surface area (Å²) < 4.78 is 0. The van der Waals surface area contributed by atoms with Crippen LogP contribution < -0.4 is 0 Å². The Labute approximate surface area is 249 Å². The lowest BCUT2D eigenvalue weighted by Gasteiger charge is -2.44. The Bertz CT molecular complexity index is 1120. The maximum Gasteiger partial charge on any atom is 0.122 e. The molecule has 2 aliphatic rings. The second-order valence-electron chi connectivity index (χ2n) is 15.4. The van der Waals surface area contributed by atoms with E-state index in [-0.39, 0.29) is 46.7 Å². The van der Waals surface area contributed by atoms with Gasteiger partial charge in [-0.15, -0.1) is 0 Å². The van der Waals surface area contributed by atoms with Crippen LogP contribution in [0.1, 0.15) is 114 Å². The van der Waals surface area contributed by atoms with Crippen molar-refractivity contribution < 1.29 is 20.4 Å². The first-order valence-corrected chi connectivity index (χ1v) is 16.0. The van der Waals surface area contributed by atoms with Crippen LogP contribution in [0.3, 0.4) is 0 Å². The van der Waals surface area contributed by atoms with Crippen LogP contribution in [-0.4, -0.2) is 32.6 Å². The first kappa shape index (κ1) is 31.9. The fourth-order valence-corrected chi connectivity index (χ4v) is 8.24. The third-order valence-corrected chi connectivity index (χ3v) is 11.6. The van der Waals surface area contributed by atoms with Crippen LogP contribution in [0.25, 0.3) is 0 Å². The summed E-state index contributed by atoms with van der Waals surface area (Å²) >= 11 is 0.